The lowest BCUT2D eigenvalue weighted by atomic mass is 10.0. The number of hydrogen-bond acceptors (Lipinski definition) is 3. The summed E-state index contributed by atoms with van der Waals surface area (Å²) < 4.78 is 28.6. The van der Waals surface area contributed by atoms with Gasteiger partial charge in [0.25, 0.3) is 0 Å². The number of benzene rings is 2. The number of carbonyl (C=O) groups excluding carboxylic acids is 1. The second-order valence-corrected chi connectivity index (χ2v) is 5.91. The molecule has 0 aliphatic heterocycles. The average Bonchev–Trinajstić information content (AvgIpc) is 3.03. The van der Waals surface area contributed by atoms with Gasteiger partial charge in [0, 0.05) is 19.4 Å². The first-order valence-electron chi connectivity index (χ1n) is 7.93. The van der Waals surface area contributed by atoms with Crippen LogP contribution in [0.2, 0.25) is 0 Å². The number of hydrogen-bond donors (Lipinski definition) is 2. The first-order chi connectivity index (χ1) is 12.4. The van der Waals surface area contributed by atoms with Crippen LogP contribution in [0.5, 0.6) is 5.75 Å². The van der Waals surface area contributed by atoms with Crippen LogP contribution >= 0.6 is 0 Å². The minimum Gasteiger partial charge on any atom is -0.508 e. The van der Waals surface area contributed by atoms with Crippen LogP contribution < -0.4 is 5.32 Å². The minimum atomic E-state index is -0.991. The summed E-state index contributed by atoms with van der Waals surface area (Å²) in [5.74, 6) is -1.65. The smallest absolute Gasteiger partial charge is 0.225 e. The monoisotopic (exact) mass is 357 g/mol. The van der Waals surface area contributed by atoms with Crippen molar-refractivity contribution in [2.24, 2.45) is 7.05 Å². The standard InChI is InChI=1S/C19H17F2N3O2/c1-24-9-8-22-19(24)18(13-4-7-15(20)16(21)11-13)23-17(26)10-12-2-5-14(25)6-3-12/h2-9,11,18,25H,10H2,1H3,(H,23,26)/t18-/m1/s1. The second kappa shape index (κ2) is 7.35. The molecule has 26 heavy (non-hydrogen) atoms. The quantitative estimate of drug-likeness (QED) is 0.738. The summed E-state index contributed by atoms with van der Waals surface area (Å²) in [5.41, 5.74) is 1.10. The highest BCUT2D eigenvalue weighted by Crippen LogP contribution is 2.22. The summed E-state index contributed by atoms with van der Waals surface area (Å²) in [5, 5.41) is 12.1. The van der Waals surface area contributed by atoms with Gasteiger partial charge in [0.1, 0.15) is 17.6 Å². The highest BCUT2D eigenvalue weighted by molar-refractivity contribution is 5.79. The lowest BCUT2D eigenvalue weighted by Gasteiger charge is -2.19. The summed E-state index contributed by atoms with van der Waals surface area (Å²) in [6.07, 6.45) is 3.34. The molecular weight excluding hydrogens is 340 g/mol. The van der Waals surface area contributed by atoms with Crippen molar-refractivity contribution in [2.75, 3.05) is 0 Å². The van der Waals surface area contributed by atoms with Crippen molar-refractivity contribution in [2.45, 2.75) is 12.5 Å². The molecule has 1 atom stereocenters. The lowest BCUT2D eigenvalue weighted by Crippen LogP contribution is -2.32. The number of rotatable bonds is 5. The van der Waals surface area contributed by atoms with Gasteiger partial charge in [-0.25, -0.2) is 13.8 Å². The molecule has 5 nitrogen and oxygen atoms in total. The van der Waals surface area contributed by atoms with Gasteiger partial charge in [-0.05, 0) is 35.4 Å². The lowest BCUT2D eigenvalue weighted by molar-refractivity contribution is -0.121. The highest BCUT2D eigenvalue weighted by Gasteiger charge is 2.22. The van der Waals surface area contributed by atoms with Crippen LogP contribution in [0.15, 0.2) is 54.9 Å². The molecule has 3 aromatic rings. The second-order valence-electron chi connectivity index (χ2n) is 5.91. The van der Waals surface area contributed by atoms with Gasteiger partial charge in [-0.15, -0.1) is 0 Å². The Labute approximate surface area is 148 Å². The van der Waals surface area contributed by atoms with E-state index in [2.05, 4.69) is 10.3 Å². The molecule has 0 saturated carbocycles. The highest BCUT2D eigenvalue weighted by atomic mass is 19.2. The third kappa shape index (κ3) is 3.88. The Balaban J connectivity index is 1.86. The average molecular weight is 357 g/mol. The Hall–Kier alpha value is -3.22. The van der Waals surface area contributed by atoms with Crippen LogP contribution in [0.1, 0.15) is 23.0 Å². The SMILES string of the molecule is Cn1ccnc1[C@H](NC(=O)Cc1ccc(O)cc1)c1ccc(F)c(F)c1. The summed E-state index contributed by atoms with van der Waals surface area (Å²) >= 11 is 0. The Morgan fingerprint density at radius 3 is 2.54 bits per heavy atom. The van der Waals surface area contributed by atoms with Crippen molar-refractivity contribution < 1.29 is 18.7 Å². The van der Waals surface area contributed by atoms with Crippen molar-refractivity contribution in [3.05, 3.63) is 83.4 Å². The molecule has 1 amide bonds. The molecule has 2 aromatic carbocycles. The van der Waals surface area contributed by atoms with Crippen LogP contribution in [0.4, 0.5) is 8.78 Å². The maximum Gasteiger partial charge on any atom is 0.225 e. The van der Waals surface area contributed by atoms with Crippen molar-refractivity contribution >= 4 is 5.91 Å². The van der Waals surface area contributed by atoms with Crippen molar-refractivity contribution in [3.8, 4) is 5.75 Å². The first-order valence-corrected chi connectivity index (χ1v) is 7.93. The number of imidazole rings is 1. The van der Waals surface area contributed by atoms with Gasteiger partial charge < -0.3 is 15.0 Å². The Morgan fingerprint density at radius 1 is 1.19 bits per heavy atom. The number of amides is 1. The van der Waals surface area contributed by atoms with Crippen LogP contribution in [-0.2, 0) is 18.3 Å². The fourth-order valence-corrected chi connectivity index (χ4v) is 2.66. The number of aromatic nitrogens is 2. The van der Waals surface area contributed by atoms with Crippen molar-refractivity contribution in [1.29, 1.82) is 0 Å². The molecule has 0 bridgehead atoms. The molecule has 0 radical (unpaired) electrons. The fraction of sp³-hybridized carbons (Fsp3) is 0.158. The van der Waals surface area contributed by atoms with Crippen molar-refractivity contribution in [3.63, 3.8) is 0 Å². The molecule has 3 rings (SSSR count). The number of aryl methyl sites for hydroxylation is 1. The number of carbonyl (C=O) groups is 1. The van der Waals surface area contributed by atoms with Gasteiger partial charge in [0.15, 0.2) is 11.6 Å². The third-order valence-corrected chi connectivity index (χ3v) is 4.00. The zero-order chi connectivity index (χ0) is 18.7. The molecule has 2 N–H and O–H groups in total. The maximum atomic E-state index is 13.7. The predicted octanol–water partition coefficient (Wildman–Crippen LogP) is 2.85. The molecule has 0 spiro atoms. The molecular formula is C19H17F2N3O2. The molecule has 134 valence electrons. The van der Waals surface area contributed by atoms with E-state index < -0.39 is 17.7 Å². The number of nitrogens with one attached hydrogen (secondary N) is 1. The topological polar surface area (TPSA) is 67.2 Å². The molecule has 0 aliphatic rings. The van der Waals surface area contributed by atoms with E-state index >= 15 is 0 Å². The largest absolute Gasteiger partial charge is 0.508 e. The van der Waals surface area contributed by atoms with Gasteiger partial charge >= 0.3 is 0 Å². The van der Waals surface area contributed by atoms with E-state index in [1.807, 2.05) is 0 Å². The fourth-order valence-electron chi connectivity index (χ4n) is 2.66. The van der Waals surface area contributed by atoms with Crippen LogP contribution in [-0.4, -0.2) is 20.6 Å². The van der Waals surface area contributed by atoms with E-state index in [9.17, 15) is 18.7 Å². The predicted molar refractivity (Wildman–Crippen MR) is 91.4 cm³/mol. The molecule has 0 fully saturated rings. The number of nitrogens with zero attached hydrogens (tertiary/aromatic N) is 2. The summed E-state index contributed by atoms with van der Waals surface area (Å²) in [7, 11) is 1.75. The van der Waals surface area contributed by atoms with Gasteiger partial charge in [-0.2, -0.15) is 0 Å². The van der Waals surface area contributed by atoms with E-state index in [0.717, 1.165) is 12.1 Å². The van der Waals surface area contributed by atoms with Crippen molar-refractivity contribution in [1.82, 2.24) is 14.9 Å². The van der Waals surface area contributed by atoms with E-state index in [4.69, 9.17) is 0 Å². The van der Waals surface area contributed by atoms with E-state index in [1.54, 1.807) is 36.1 Å². The first kappa shape index (κ1) is 17.6. The third-order valence-electron chi connectivity index (χ3n) is 4.00. The Kier molecular flexibility index (Phi) is 4.97. The van der Waals surface area contributed by atoms with Gasteiger partial charge in [0.2, 0.25) is 5.91 Å². The minimum absolute atomic E-state index is 0.0743. The molecule has 1 aromatic heterocycles. The molecule has 0 aliphatic carbocycles. The zero-order valence-corrected chi connectivity index (χ0v) is 14.0. The van der Waals surface area contributed by atoms with Gasteiger partial charge in [-0.3, -0.25) is 4.79 Å². The Bertz CT molecular complexity index is 923. The van der Waals surface area contributed by atoms with Crippen LogP contribution in [0.25, 0.3) is 0 Å². The molecule has 7 heteroatoms. The van der Waals surface area contributed by atoms with Crippen LogP contribution in [0.3, 0.4) is 0 Å². The number of halogens is 2. The van der Waals surface area contributed by atoms with Gasteiger partial charge in [0.05, 0.1) is 6.42 Å². The summed E-state index contributed by atoms with van der Waals surface area (Å²) in [6, 6.07) is 9.03. The number of phenols is 1. The Morgan fingerprint density at radius 2 is 1.92 bits per heavy atom. The van der Waals surface area contributed by atoms with E-state index in [1.165, 1.54) is 18.2 Å². The molecule has 1 heterocycles. The van der Waals surface area contributed by atoms with E-state index in [0.29, 0.717) is 17.0 Å². The molecule has 0 saturated heterocycles. The number of phenolic OH excluding ortho intramolecular Hbond substituents is 1. The number of aromatic hydroxyl groups is 1. The summed E-state index contributed by atoms with van der Waals surface area (Å²) in [6.45, 7) is 0. The van der Waals surface area contributed by atoms with Crippen LogP contribution in [0, 0.1) is 11.6 Å². The zero-order valence-electron chi connectivity index (χ0n) is 14.0. The maximum absolute atomic E-state index is 13.7. The summed E-state index contributed by atoms with van der Waals surface area (Å²) in [4.78, 5) is 16.7. The van der Waals surface area contributed by atoms with E-state index in [-0.39, 0.29) is 18.1 Å². The molecule has 0 unspecified atom stereocenters. The normalized spacial score (nSPS) is 12.0. The van der Waals surface area contributed by atoms with Gasteiger partial charge in [-0.1, -0.05) is 18.2 Å².